The maximum absolute atomic E-state index is 6.04. The highest BCUT2D eigenvalue weighted by atomic mass is 16.5. The first kappa shape index (κ1) is 15.0. The number of hydrogen-bond acceptors (Lipinski definition) is 2. The highest BCUT2D eigenvalue weighted by Crippen LogP contribution is 2.24. The van der Waals surface area contributed by atoms with E-state index in [2.05, 4.69) is 65.9 Å². The number of benzene rings is 1. The summed E-state index contributed by atoms with van der Waals surface area (Å²) in [4.78, 5) is 0. The van der Waals surface area contributed by atoms with Gasteiger partial charge < -0.3 is 10.1 Å². The molecule has 0 aliphatic heterocycles. The molecule has 2 nitrogen and oxygen atoms in total. The molecule has 0 heterocycles. The molecule has 102 valence electrons. The van der Waals surface area contributed by atoms with Crippen LogP contribution in [0.25, 0.3) is 0 Å². The van der Waals surface area contributed by atoms with Crippen LogP contribution in [0.2, 0.25) is 0 Å². The summed E-state index contributed by atoms with van der Waals surface area (Å²) in [6, 6.07) is 4.32. The van der Waals surface area contributed by atoms with Gasteiger partial charge in [0.25, 0.3) is 0 Å². The number of nitrogens with one attached hydrogen (secondary N) is 1. The lowest BCUT2D eigenvalue weighted by atomic mass is 10.1. The summed E-state index contributed by atoms with van der Waals surface area (Å²) < 4.78 is 6.04. The van der Waals surface area contributed by atoms with E-state index in [0.29, 0.717) is 0 Å². The molecule has 0 aliphatic carbocycles. The Hall–Kier alpha value is -1.02. The molecule has 0 fully saturated rings. The first-order chi connectivity index (χ1) is 8.19. The van der Waals surface area contributed by atoms with E-state index in [0.717, 1.165) is 12.3 Å². The normalized spacial score (nSPS) is 13.5. The van der Waals surface area contributed by atoms with Crippen LogP contribution < -0.4 is 10.1 Å². The molecular weight excluding hydrogens is 222 g/mol. The Bertz CT molecular complexity index is 404. The fraction of sp³-hybridized carbons (Fsp3) is 0.625. The molecule has 1 aromatic rings. The summed E-state index contributed by atoms with van der Waals surface area (Å²) in [7, 11) is 0. The van der Waals surface area contributed by atoms with Crippen LogP contribution in [-0.4, -0.2) is 18.2 Å². The summed E-state index contributed by atoms with van der Waals surface area (Å²) in [5.41, 5.74) is 3.92. The molecule has 0 radical (unpaired) electrons. The summed E-state index contributed by atoms with van der Waals surface area (Å²) in [6.07, 6.45) is 0.170. The quantitative estimate of drug-likeness (QED) is 0.877. The first-order valence-corrected chi connectivity index (χ1v) is 6.68. The molecule has 18 heavy (non-hydrogen) atoms. The van der Waals surface area contributed by atoms with Gasteiger partial charge in [-0.1, -0.05) is 6.07 Å². The molecule has 0 saturated carbocycles. The number of ether oxygens (including phenoxy) is 1. The molecule has 1 atom stereocenters. The summed E-state index contributed by atoms with van der Waals surface area (Å²) in [5, 5.41) is 3.47. The Labute approximate surface area is 112 Å². The van der Waals surface area contributed by atoms with E-state index in [-0.39, 0.29) is 11.6 Å². The van der Waals surface area contributed by atoms with Gasteiger partial charge in [0.1, 0.15) is 11.9 Å². The minimum absolute atomic E-state index is 0.134. The van der Waals surface area contributed by atoms with Crippen molar-refractivity contribution in [1.29, 1.82) is 0 Å². The third-order valence-corrected chi connectivity index (χ3v) is 3.01. The molecule has 0 saturated heterocycles. The highest BCUT2D eigenvalue weighted by Gasteiger charge is 2.13. The van der Waals surface area contributed by atoms with E-state index in [1.807, 2.05) is 0 Å². The van der Waals surface area contributed by atoms with Crippen molar-refractivity contribution < 1.29 is 4.74 Å². The van der Waals surface area contributed by atoms with Gasteiger partial charge in [0, 0.05) is 12.1 Å². The fourth-order valence-electron chi connectivity index (χ4n) is 1.83. The van der Waals surface area contributed by atoms with Gasteiger partial charge in [-0.2, -0.15) is 0 Å². The van der Waals surface area contributed by atoms with Crippen LogP contribution in [0.1, 0.15) is 44.4 Å². The minimum atomic E-state index is 0.134. The maximum atomic E-state index is 6.04. The predicted octanol–water partition coefficient (Wildman–Crippen LogP) is 3.77. The standard InChI is InChI=1S/C16H27NO/c1-11-8-12(2)14(4)15(9-11)18-13(3)10-17-16(5,6)7/h8-9,13,17H,10H2,1-7H3. The zero-order valence-electron chi connectivity index (χ0n) is 12.8. The van der Waals surface area contributed by atoms with Crippen molar-refractivity contribution >= 4 is 0 Å². The lowest BCUT2D eigenvalue weighted by molar-refractivity contribution is 0.202. The fourth-order valence-corrected chi connectivity index (χ4v) is 1.83. The van der Waals surface area contributed by atoms with E-state index in [9.17, 15) is 0 Å². The zero-order valence-corrected chi connectivity index (χ0v) is 12.8. The van der Waals surface area contributed by atoms with Crippen molar-refractivity contribution in [2.75, 3.05) is 6.54 Å². The molecular formula is C16H27NO. The topological polar surface area (TPSA) is 21.3 Å². The molecule has 1 aromatic carbocycles. The largest absolute Gasteiger partial charge is 0.489 e. The second-order valence-corrected chi connectivity index (χ2v) is 6.26. The Morgan fingerprint density at radius 2 is 1.78 bits per heavy atom. The second-order valence-electron chi connectivity index (χ2n) is 6.26. The van der Waals surface area contributed by atoms with E-state index < -0.39 is 0 Å². The molecule has 1 N–H and O–H groups in total. The first-order valence-electron chi connectivity index (χ1n) is 6.68. The SMILES string of the molecule is Cc1cc(C)c(C)c(OC(C)CNC(C)(C)C)c1. The predicted molar refractivity (Wildman–Crippen MR) is 78.5 cm³/mol. The Balaban J connectivity index is 2.67. The number of hydrogen-bond donors (Lipinski definition) is 1. The van der Waals surface area contributed by atoms with Gasteiger partial charge in [-0.3, -0.25) is 0 Å². The average Bonchev–Trinajstić information content (AvgIpc) is 2.21. The van der Waals surface area contributed by atoms with Gasteiger partial charge in [-0.05, 0) is 71.2 Å². The van der Waals surface area contributed by atoms with Gasteiger partial charge in [0.2, 0.25) is 0 Å². The van der Waals surface area contributed by atoms with Crippen LogP contribution in [0.4, 0.5) is 0 Å². The average molecular weight is 249 g/mol. The van der Waals surface area contributed by atoms with Gasteiger partial charge in [0.15, 0.2) is 0 Å². The molecule has 2 heteroatoms. The Kier molecular flexibility index (Phi) is 4.80. The minimum Gasteiger partial charge on any atom is -0.489 e. The van der Waals surface area contributed by atoms with Gasteiger partial charge in [0.05, 0.1) is 0 Å². The van der Waals surface area contributed by atoms with Crippen molar-refractivity contribution in [2.45, 2.75) is 60.1 Å². The summed E-state index contributed by atoms with van der Waals surface area (Å²) in [6.45, 7) is 15.8. The van der Waals surface area contributed by atoms with Crippen LogP contribution >= 0.6 is 0 Å². The van der Waals surface area contributed by atoms with Crippen LogP contribution in [0.15, 0.2) is 12.1 Å². The monoisotopic (exact) mass is 249 g/mol. The third kappa shape index (κ3) is 4.69. The van der Waals surface area contributed by atoms with Gasteiger partial charge in [-0.25, -0.2) is 0 Å². The highest BCUT2D eigenvalue weighted by molar-refractivity contribution is 5.42. The van der Waals surface area contributed by atoms with Crippen LogP contribution in [-0.2, 0) is 0 Å². The van der Waals surface area contributed by atoms with Crippen molar-refractivity contribution in [1.82, 2.24) is 5.32 Å². The molecule has 1 unspecified atom stereocenters. The van der Waals surface area contributed by atoms with Gasteiger partial charge in [-0.15, -0.1) is 0 Å². The van der Waals surface area contributed by atoms with Crippen molar-refractivity contribution in [3.63, 3.8) is 0 Å². The third-order valence-electron chi connectivity index (χ3n) is 3.01. The Morgan fingerprint density at radius 3 is 2.33 bits per heavy atom. The van der Waals surface area contributed by atoms with Crippen LogP contribution in [0.5, 0.6) is 5.75 Å². The molecule has 0 bridgehead atoms. The number of aryl methyl sites for hydroxylation is 2. The summed E-state index contributed by atoms with van der Waals surface area (Å²) >= 11 is 0. The maximum Gasteiger partial charge on any atom is 0.123 e. The molecule has 0 aliphatic rings. The van der Waals surface area contributed by atoms with Crippen molar-refractivity contribution in [3.8, 4) is 5.75 Å². The number of rotatable bonds is 4. The van der Waals surface area contributed by atoms with Crippen LogP contribution in [0.3, 0.4) is 0 Å². The Morgan fingerprint density at radius 1 is 1.17 bits per heavy atom. The zero-order chi connectivity index (χ0) is 13.9. The van der Waals surface area contributed by atoms with E-state index >= 15 is 0 Å². The van der Waals surface area contributed by atoms with E-state index in [1.54, 1.807) is 0 Å². The van der Waals surface area contributed by atoms with Gasteiger partial charge >= 0.3 is 0 Å². The lowest BCUT2D eigenvalue weighted by Crippen LogP contribution is -2.41. The molecule has 0 amide bonds. The van der Waals surface area contributed by atoms with E-state index in [4.69, 9.17) is 4.74 Å². The van der Waals surface area contributed by atoms with E-state index in [1.165, 1.54) is 16.7 Å². The second kappa shape index (κ2) is 5.75. The molecule has 1 rings (SSSR count). The molecule has 0 spiro atoms. The smallest absolute Gasteiger partial charge is 0.123 e. The summed E-state index contributed by atoms with van der Waals surface area (Å²) in [5.74, 6) is 1.01. The lowest BCUT2D eigenvalue weighted by Gasteiger charge is -2.24. The van der Waals surface area contributed by atoms with Crippen LogP contribution in [0, 0.1) is 20.8 Å². The van der Waals surface area contributed by atoms with Crippen molar-refractivity contribution in [3.05, 3.63) is 28.8 Å². The van der Waals surface area contributed by atoms with Crippen molar-refractivity contribution in [2.24, 2.45) is 0 Å². The molecule has 0 aromatic heterocycles.